The van der Waals surface area contributed by atoms with Crippen molar-refractivity contribution in [2.75, 3.05) is 19.6 Å². The minimum absolute atomic E-state index is 0.362. The largest absolute Gasteiger partial charge is 0.387 e. The maximum absolute atomic E-state index is 12.8. The van der Waals surface area contributed by atoms with E-state index in [1.165, 1.54) is 31.7 Å². The molecule has 1 aliphatic rings. The van der Waals surface area contributed by atoms with Crippen molar-refractivity contribution in [3.05, 3.63) is 29.8 Å². The first-order valence-corrected chi connectivity index (χ1v) is 7.71. The van der Waals surface area contributed by atoms with Crippen LogP contribution in [0.15, 0.2) is 18.3 Å². The summed E-state index contributed by atoms with van der Waals surface area (Å²) in [5, 5.41) is 10.1. The first-order chi connectivity index (χ1) is 9.69. The van der Waals surface area contributed by atoms with E-state index in [1.807, 2.05) is 0 Å². The average molecular weight is 280 g/mol. The first kappa shape index (κ1) is 15.4. The molecule has 0 saturated carbocycles. The second-order valence-corrected chi connectivity index (χ2v) is 5.78. The first-order valence-electron chi connectivity index (χ1n) is 7.71. The third kappa shape index (κ3) is 4.53. The van der Waals surface area contributed by atoms with Gasteiger partial charge in [0.05, 0.1) is 18.0 Å². The van der Waals surface area contributed by atoms with E-state index in [0.29, 0.717) is 12.1 Å². The van der Waals surface area contributed by atoms with E-state index < -0.39 is 6.10 Å². The Morgan fingerprint density at radius 1 is 1.40 bits per heavy atom. The van der Waals surface area contributed by atoms with Crippen molar-refractivity contribution in [1.82, 2.24) is 9.88 Å². The summed E-state index contributed by atoms with van der Waals surface area (Å²) in [5.41, 5.74) is 0.562. The monoisotopic (exact) mass is 280 g/mol. The van der Waals surface area contributed by atoms with E-state index in [2.05, 4.69) is 16.8 Å². The van der Waals surface area contributed by atoms with E-state index in [0.717, 1.165) is 31.7 Å². The third-order valence-corrected chi connectivity index (χ3v) is 4.21. The number of aliphatic hydroxyl groups is 1. The number of nitrogens with zero attached hydrogens (tertiary/aromatic N) is 2. The third-order valence-electron chi connectivity index (χ3n) is 4.21. The van der Waals surface area contributed by atoms with E-state index in [1.54, 1.807) is 6.07 Å². The van der Waals surface area contributed by atoms with Crippen molar-refractivity contribution in [1.29, 1.82) is 0 Å². The molecule has 1 aromatic rings. The normalized spacial score (nSPS) is 19.1. The molecule has 3 nitrogen and oxygen atoms in total. The van der Waals surface area contributed by atoms with Gasteiger partial charge in [-0.3, -0.25) is 4.98 Å². The molecule has 0 radical (unpaired) electrons. The highest BCUT2D eigenvalue weighted by molar-refractivity contribution is 5.07. The summed E-state index contributed by atoms with van der Waals surface area (Å²) in [4.78, 5) is 6.35. The van der Waals surface area contributed by atoms with Gasteiger partial charge in [-0.15, -0.1) is 0 Å². The molecule has 1 atom stereocenters. The van der Waals surface area contributed by atoms with Crippen LogP contribution in [-0.4, -0.2) is 34.6 Å². The number of aromatic nitrogens is 1. The Labute approximate surface area is 120 Å². The molecule has 1 aliphatic heterocycles. The van der Waals surface area contributed by atoms with Gasteiger partial charge < -0.3 is 10.0 Å². The predicted molar refractivity (Wildman–Crippen MR) is 77.8 cm³/mol. The Hall–Kier alpha value is -1.00. The highest BCUT2D eigenvalue weighted by Crippen LogP contribution is 2.23. The van der Waals surface area contributed by atoms with Gasteiger partial charge in [-0.1, -0.05) is 19.8 Å². The lowest BCUT2D eigenvalue weighted by Gasteiger charge is -2.32. The molecule has 2 heterocycles. The topological polar surface area (TPSA) is 36.4 Å². The Bertz CT molecular complexity index is 388. The fraction of sp³-hybridized carbons (Fsp3) is 0.688. The van der Waals surface area contributed by atoms with Crippen molar-refractivity contribution in [2.45, 2.75) is 45.1 Å². The number of likely N-dealkylation sites (tertiary alicyclic amines) is 1. The summed E-state index contributed by atoms with van der Waals surface area (Å²) in [6.45, 7) is 5.40. The number of aliphatic hydroxyl groups excluding tert-OH is 1. The minimum atomic E-state index is -0.594. The second kappa shape index (κ2) is 7.70. The Balaban J connectivity index is 1.71. The molecule has 0 spiro atoms. The predicted octanol–water partition coefficient (Wildman–Crippen LogP) is 3.16. The van der Waals surface area contributed by atoms with Crippen molar-refractivity contribution in [3.8, 4) is 0 Å². The molecule has 4 heteroatoms. The molecule has 1 saturated heterocycles. The molecule has 0 aliphatic carbocycles. The molecular formula is C16H25FN2O. The van der Waals surface area contributed by atoms with Crippen LogP contribution in [0.3, 0.4) is 0 Å². The summed E-state index contributed by atoms with van der Waals surface area (Å²) < 4.78 is 12.8. The lowest BCUT2D eigenvalue weighted by Crippen LogP contribution is -2.35. The van der Waals surface area contributed by atoms with Gasteiger partial charge >= 0.3 is 0 Å². The maximum atomic E-state index is 12.8. The van der Waals surface area contributed by atoms with Gasteiger partial charge in [-0.05, 0) is 50.4 Å². The fourth-order valence-corrected chi connectivity index (χ4v) is 2.94. The molecule has 1 aromatic heterocycles. The Morgan fingerprint density at radius 3 is 2.75 bits per heavy atom. The maximum Gasteiger partial charge on any atom is 0.141 e. The Kier molecular flexibility index (Phi) is 5.92. The van der Waals surface area contributed by atoms with Crippen LogP contribution in [0, 0.1) is 11.7 Å². The highest BCUT2D eigenvalue weighted by Gasteiger charge is 2.19. The van der Waals surface area contributed by atoms with Crippen LogP contribution in [0.1, 0.15) is 50.8 Å². The number of halogens is 1. The molecule has 1 fully saturated rings. The van der Waals surface area contributed by atoms with Crippen LogP contribution in [0.4, 0.5) is 4.39 Å². The SMILES string of the molecule is CCCC1CCN(CCC(O)c2ccc(F)cn2)CC1. The molecule has 1 N–H and O–H groups in total. The van der Waals surface area contributed by atoms with Crippen LogP contribution >= 0.6 is 0 Å². The van der Waals surface area contributed by atoms with Crippen molar-refractivity contribution < 1.29 is 9.50 Å². The van der Waals surface area contributed by atoms with Gasteiger partial charge in [-0.2, -0.15) is 0 Å². The van der Waals surface area contributed by atoms with Crippen LogP contribution in [0.2, 0.25) is 0 Å². The lowest BCUT2D eigenvalue weighted by molar-refractivity contribution is 0.119. The zero-order chi connectivity index (χ0) is 14.4. The van der Waals surface area contributed by atoms with Gasteiger partial charge in [-0.25, -0.2) is 4.39 Å². The van der Waals surface area contributed by atoms with Gasteiger partial charge in [0.1, 0.15) is 5.82 Å². The number of rotatable bonds is 6. The van der Waals surface area contributed by atoms with Crippen LogP contribution in [0.25, 0.3) is 0 Å². The van der Waals surface area contributed by atoms with Crippen molar-refractivity contribution in [3.63, 3.8) is 0 Å². The summed E-state index contributed by atoms with van der Waals surface area (Å²) in [6.07, 6.45) is 6.41. The molecule has 0 aromatic carbocycles. The summed E-state index contributed by atoms with van der Waals surface area (Å²) in [5.74, 6) is 0.527. The molecule has 112 valence electrons. The van der Waals surface area contributed by atoms with E-state index in [9.17, 15) is 9.50 Å². The van der Waals surface area contributed by atoms with Gasteiger partial charge in [0.15, 0.2) is 0 Å². The quantitative estimate of drug-likeness (QED) is 0.869. The van der Waals surface area contributed by atoms with Gasteiger partial charge in [0.25, 0.3) is 0 Å². The molecule has 1 unspecified atom stereocenters. The fourth-order valence-electron chi connectivity index (χ4n) is 2.94. The zero-order valence-electron chi connectivity index (χ0n) is 12.3. The smallest absolute Gasteiger partial charge is 0.141 e. The zero-order valence-corrected chi connectivity index (χ0v) is 12.3. The van der Waals surface area contributed by atoms with Crippen molar-refractivity contribution >= 4 is 0 Å². The van der Waals surface area contributed by atoms with E-state index in [4.69, 9.17) is 0 Å². The van der Waals surface area contributed by atoms with Gasteiger partial charge in [0, 0.05) is 6.54 Å². The molecule has 20 heavy (non-hydrogen) atoms. The second-order valence-electron chi connectivity index (χ2n) is 5.78. The Morgan fingerprint density at radius 2 is 2.15 bits per heavy atom. The lowest BCUT2D eigenvalue weighted by atomic mass is 9.92. The molecule has 2 rings (SSSR count). The summed E-state index contributed by atoms with van der Waals surface area (Å²) in [6, 6.07) is 2.91. The molecule has 0 amide bonds. The average Bonchev–Trinajstić information content (AvgIpc) is 2.47. The summed E-state index contributed by atoms with van der Waals surface area (Å²) >= 11 is 0. The van der Waals surface area contributed by atoms with E-state index >= 15 is 0 Å². The number of hydrogen-bond acceptors (Lipinski definition) is 3. The number of hydrogen-bond donors (Lipinski definition) is 1. The minimum Gasteiger partial charge on any atom is -0.387 e. The van der Waals surface area contributed by atoms with Gasteiger partial charge in [0.2, 0.25) is 0 Å². The number of piperidine rings is 1. The van der Waals surface area contributed by atoms with Crippen LogP contribution in [-0.2, 0) is 0 Å². The highest BCUT2D eigenvalue weighted by atomic mass is 19.1. The summed E-state index contributed by atoms with van der Waals surface area (Å²) in [7, 11) is 0. The molecule has 0 bridgehead atoms. The number of pyridine rings is 1. The van der Waals surface area contributed by atoms with Crippen LogP contribution in [0.5, 0.6) is 0 Å². The molecular weight excluding hydrogens is 255 g/mol. The van der Waals surface area contributed by atoms with Crippen molar-refractivity contribution in [2.24, 2.45) is 5.92 Å². The standard InChI is InChI=1S/C16H25FN2O/c1-2-3-13-6-9-19(10-7-13)11-8-16(20)15-5-4-14(17)12-18-15/h4-5,12-13,16,20H,2-3,6-11H2,1H3. The van der Waals surface area contributed by atoms with E-state index in [-0.39, 0.29) is 5.82 Å². The van der Waals surface area contributed by atoms with Crippen LogP contribution < -0.4 is 0 Å².